The summed E-state index contributed by atoms with van der Waals surface area (Å²) in [6.07, 6.45) is -2.95. The van der Waals surface area contributed by atoms with Gasteiger partial charge in [0.25, 0.3) is 5.56 Å². The van der Waals surface area contributed by atoms with Crippen LogP contribution in [0.4, 0.5) is 13.2 Å². The highest BCUT2D eigenvalue weighted by atomic mass is 19.4. The lowest BCUT2D eigenvalue weighted by molar-refractivity contribution is -0.274. The first kappa shape index (κ1) is 13.7. The van der Waals surface area contributed by atoms with E-state index in [1.54, 1.807) is 6.07 Å². The first-order valence-electron chi connectivity index (χ1n) is 6.39. The minimum atomic E-state index is -4.80. The van der Waals surface area contributed by atoms with Gasteiger partial charge in [0.2, 0.25) is 0 Å². The van der Waals surface area contributed by atoms with Crippen molar-refractivity contribution in [2.24, 2.45) is 0 Å². The van der Waals surface area contributed by atoms with Gasteiger partial charge in [0, 0.05) is 17.5 Å². The fraction of sp³-hybridized carbons (Fsp3) is 0.286. The molecule has 1 aliphatic rings. The van der Waals surface area contributed by atoms with Crippen molar-refractivity contribution in [3.8, 4) is 17.0 Å². The van der Waals surface area contributed by atoms with E-state index >= 15 is 0 Å². The molecule has 0 amide bonds. The van der Waals surface area contributed by atoms with Gasteiger partial charge in [-0.2, -0.15) is 0 Å². The summed E-state index contributed by atoms with van der Waals surface area (Å²) in [5.74, 6) is 0.331. The van der Waals surface area contributed by atoms with Crippen molar-refractivity contribution < 1.29 is 17.9 Å². The second-order valence-electron chi connectivity index (χ2n) is 4.83. The Morgan fingerprint density at radius 2 is 1.95 bits per heavy atom. The lowest BCUT2D eigenvalue weighted by Gasteiger charge is -2.13. The van der Waals surface area contributed by atoms with Crippen LogP contribution in [-0.4, -0.2) is 16.3 Å². The van der Waals surface area contributed by atoms with E-state index in [4.69, 9.17) is 0 Å². The second-order valence-corrected chi connectivity index (χ2v) is 4.83. The van der Waals surface area contributed by atoms with E-state index in [0.29, 0.717) is 5.82 Å². The number of nitrogens with one attached hydrogen (secondary N) is 1. The predicted molar refractivity (Wildman–Crippen MR) is 69.0 cm³/mol. The zero-order chi connectivity index (χ0) is 15.0. The van der Waals surface area contributed by atoms with Crippen LogP contribution < -0.4 is 10.3 Å². The van der Waals surface area contributed by atoms with Crippen LogP contribution in [0.3, 0.4) is 0 Å². The zero-order valence-electron chi connectivity index (χ0n) is 10.8. The zero-order valence-corrected chi connectivity index (χ0v) is 10.8. The Bertz CT molecular complexity index is 721. The highest BCUT2D eigenvalue weighted by molar-refractivity contribution is 5.66. The normalized spacial score (nSPS) is 15.0. The van der Waals surface area contributed by atoms with Crippen molar-refractivity contribution in [3.05, 3.63) is 46.5 Å². The lowest BCUT2D eigenvalue weighted by Crippen LogP contribution is -2.18. The van der Waals surface area contributed by atoms with Gasteiger partial charge in [-0.05, 0) is 25.0 Å². The fourth-order valence-electron chi connectivity index (χ4n) is 2.06. The Kier molecular flexibility index (Phi) is 3.19. The standard InChI is InChI=1S/C14H11F3N2O2/c15-14(16,17)21-11-4-2-1-3-9(11)10-7-12(20)19-13(18-10)8-5-6-8/h1-4,7-8H,5-6H2,(H,18,19,20). The van der Waals surface area contributed by atoms with E-state index in [1.807, 2.05) is 0 Å². The number of halogens is 3. The Morgan fingerprint density at radius 3 is 2.62 bits per heavy atom. The SMILES string of the molecule is O=c1cc(-c2ccccc2OC(F)(F)F)nc(C2CC2)[nH]1. The van der Waals surface area contributed by atoms with Crippen molar-refractivity contribution in [3.63, 3.8) is 0 Å². The molecule has 1 aliphatic carbocycles. The average molecular weight is 296 g/mol. The van der Waals surface area contributed by atoms with Crippen LogP contribution in [0.2, 0.25) is 0 Å². The second kappa shape index (κ2) is 4.91. The Morgan fingerprint density at radius 1 is 1.24 bits per heavy atom. The van der Waals surface area contributed by atoms with Gasteiger partial charge in [-0.25, -0.2) is 4.98 Å². The number of aromatic amines is 1. The number of aromatic nitrogens is 2. The Labute approximate surface area is 117 Å². The van der Waals surface area contributed by atoms with Crippen molar-refractivity contribution in [2.45, 2.75) is 25.1 Å². The first-order valence-corrected chi connectivity index (χ1v) is 6.39. The fourth-order valence-corrected chi connectivity index (χ4v) is 2.06. The molecule has 1 fully saturated rings. The molecular weight excluding hydrogens is 285 g/mol. The van der Waals surface area contributed by atoms with Crippen LogP contribution in [0.25, 0.3) is 11.3 Å². The molecule has 0 saturated heterocycles. The summed E-state index contributed by atoms with van der Waals surface area (Å²) >= 11 is 0. The summed E-state index contributed by atoms with van der Waals surface area (Å²) < 4.78 is 41.3. The molecule has 0 radical (unpaired) electrons. The molecule has 0 bridgehead atoms. The third-order valence-corrected chi connectivity index (χ3v) is 3.11. The van der Waals surface area contributed by atoms with Crippen molar-refractivity contribution in [1.29, 1.82) is 0 Å². The summed E-state index contributed by atoms with van der Waals surface area (Å²) in [6, 6.07) is 6.81. The molecule has 1 aromatic carbocycles. The third-order valence-electron chi connectivity index (χ3n) is 3.11. The first-order chi connectivity index (χ1) is 9.92. The molecule has 1 saturated carbocycles. The van der Waals surface area contributed by atoms with Gasteiger partial charge in [0.15, 0.2) is 0 Å². The molecule has 21 heavy (non-hydrogen) atoms. The maximum atomic E-state index is 12.4. The minimum absolute atomic E-state index is 0.142. The number of rotatable bonds is 3. The van der Waals surface area contributed by atoms with E-state index in [9.17, 15) is 18.0 Å². The molecule has 7 heteroatoms. The molecule has 1 N–H and O–H groups in total. The average Bonchev–Trinajstić information content (AvgIpc) is 3.21. The van der Waals surface area contributed by atoms with E-state index in [1.165, 1.54) is 24.3 Å². The summed E-state index contributed by atoms with van der Waals surface area (Å²) in [6.45, 7) is 0. The molecule has 2 aromatic rings. The van der Waals surface area contributed by atoms with Crippen molar-refractivity contribution in [2.75, 3.05) is 0 Å². The maximum absolute atomic E-state index is 12.4. The quantitative estimate of drug-likeness (QED) is 0.946. The van der Waals surface area contributed by atoms with Gasteiger partial charge in [0.1, 0.15) is 11.6 Å². The molecule has 110 valence electrons. The van der Waals surface area contributed by atoms with Crippen molar-refractivity contribution in [1.82, 2.24) is 9.97 Å². The van der Waals surface area contributed by atoms with Crippen molar-refractivity contribution >= 4 is 0 Å². The number of alkyl halides is 3. The van der Waals surface area contributed by atoms with Crippen LogP contribution in [0.5, 0.6) is 5.75 Å². The molecule has 0 aliphatic heterocycles. The summed E-state index contributed by atoms with van der Waals surface area (Å²) in [5.41, 5.74) is -0.0629. The number of hydrogen-bond acceptors (Lipinski definition) is 3. The summed E-state index contributed by atoms with van der Waals surface area (Å²) in [7, 11) is 0. The monoisotopic (exact) mass is 296 g/mol. The van der Waals surface area contributed by atoms with Gasteiger partial charge in [-0.1, -0.05) is 12.1 Å². The van der Waals surface area contributed by atoms with Gasteiger partial charge < -0.3 is 9.72 Å². The minimum Gasteiger partial charge on any atom is -0.405 e. The largest absolute Gasteiger partial charge is 0.573 e. The number of H-pyrrole nitrogens is 1. The number of hydrogen-bond donors (Lipinski definition) is 1. The van der Waals surface area contributed by atoms with Crippen LogP contribution in [-0.2, 0) is 0 Å². The predicted octanol–water partition coefficient (Wildman–Crippen LogP) is 3.21. The van der Waals surface area contributed by atoms with Crippen LogP contribution in [0, 0.1) is 0 Å². The smallest absolute Gasteiger partial charge is 0.405 e. The molecule has 1 heterocycles. The number of benzene rings is 1. The molecule has 0 atom stereocenters. The van der Waals surface area contributed by atoms with Crippen LogP contribution in [0.15, 0.2) is 35.1 Å². The summed E-state index contributed by atoms with van der Waals surface area (Å²) in [4.78, 5) is 18.5. The van der Waals surface area contributed by atoms with Gasteiger partial charge in [-0.3, -0.25) is 4.79 Å². The molecule has 4 nitrogen and oxygen atoms in total. The van der Waals surface area contributed by atoms with Gasteiger partial charge >= 0.3 is 6.36 Å². The lowest BCUT2D eigenvalue weighted by atomic mass is 10.1. The number of nitrogens with zero attached hydrogens (tertiary/aromatic N) is 1. The third kappa shape index (κ3) is 3.24. The van der Waals surface area contributed by atoms with E-state index in [0.717, 1.165) is 12.8 Å². The van der Waals surface area contributed by atoms with E-state index < -0.39 is 6.36 Å². The number of ether oxygens (including phenoxy) is 1. The molecule has 1 aromatic heterocycles. The molecular formula is C14H11F3N2O2. The van der Waals surface area contributed by atoms with Crippen LogP contribution in [0.1, 0.15) is 24.6 Å². The maximum Gasteiger partial charge on any atom is 0.573 e. The Balaban J connectivity index is 2.06. The molecule has 0 unspecified atom stereocenters. The molecule has 3 rings (SSSR count). The Hall–Kier alpha value is -2.31. The topological polar surface area (TPSA) is 55.0 Å². The van der Waals surface area contributed by atoms with Gasteiger partial charge in [0.05, 0.1) is 5.69 Å². The van der Waals surface area contributed by atoms with Gasteiger partial charge in [-0.15, -0.1) is 13.2 Å². The number of para-hydroxylation sites is 1. The highest BCUT2D eigenvalue weighted by Gasteiger charge is 2.32. The van der Waals surface area contributed by atoms with Crippen LogP contribution >= 0.6 is 0 Å². The van der Waals surface area contributed by atoms with E-state index in [2.05, 4.69) is 14.7 Å². The highest BCUT2D eigenvalue weighted by Crippen LogP contribution is 2.39. The summed E-state index contributed by atoms with van der Waals surface area (Å²) in [5, 5.41) is 0. The van der Waals surface area contributed by atoms with E-state index in [-0.39, 0.29) is 28.5 Å². The molecule has 0 spiro atoms.